The number of hydrogen-bond acceptors (Lipinski definition) is 3. The van der Waals surface area contributed by atoms with Gasteiger partial charge in [0.15, 0.2) is 0 Å². The average molecular weight is 370 g/mol. The first kappa shape index (κ1) is 17.7. The van der Waals surface area contributed by atoms with Crippen LogP contribution in [-0.4, -0.2) is 22.8 Å². The Bertz CT molecular complexity index is 1030. The number of nitrogens with one attached hydrogen (secondary N) is 2. The Balaban J connectivity index is 1.88. The Morgan fingerprint density at radius 3 is 2.50 bits per heavy atom. The minimum Gasteiger partial charge on any atom is -0.368 e. The third-order valence-electron chi connectivity index (χ3n) is 4.02. The maximum Gasteiger partial charge on any atom is 0.251 e. The van der Waals surface area contributed by atoms with E-state index in [-0.39, 0.29) is 12.0 Å². The molecule has 0 aliphatic carbocycles. The molecule has 1 atom stereocenters. The van der Waals surface area contributed by atoms with Gasteiger partial charge in [0, 0.05) is 34.0 Å². The minimum absolute atomic E-state index is 0.110. The second kappa shape index (κ2) is 7.41. The molecule has 2 amide bonds. The molecule has 2 aromatic carbocycles. The molecule has 3 aromatic rings. The highest BCUT2D eigenvalue weighted by atomic mass is 35.5. The van der Waals surface area contributed by atoms with Gasteiger partial charge in [0.1, 0.15) is 6.04 Å². The third-order valence-corrected chi connectivity index (χ3v) is 4.27. The molecule has 0 aliphatic heterocycles. The number of rotatable bonds is 5. The Kier molecular flexibility index (Phi) is 5.04. The van der Waals surface area contributed by atoms with Crippen LogP contribution in [0.1, 0.15) is 15.9 Å². The summed E-state index contributed by atoms with van der Waals surface area (Å²) in [5, 5.41) is 3.91. The molecule has 1 heterocycles. The smallest absolute Gasteiger partial charge is 0.251 e. The quantitative estimate of drug-likeness (QED) is 0.640. The second-order valence-electron chi connectivity index (χ2n) is 5.84. The molecule has 0 aliphatic rings. The summed E-state index contributed by atoms with van der Waals surface area (Å²) in [6.07, 6.45) is 0.110. The van der Waals surface area contributed by atoms with Gasteiger partial charge >= 0.3 is 0 Å². The average Bonchev–Trinajstić information content (AvgIpc) is 2.61. The molecule has 3 rings (SSSR count). The SMILES string of the molecule is NC(=O)C(Cc1cc(=O)[nH]c2ccccc12)NC(=O)c1ccc(Cl)cc1. The number of para-hydroxylation sites is 1. The molecule has 1 aromatic heterocycles. The van der Waals surface area contributed by atoms with Gasteiger partial charge in [-0.25, -0.2) is 0 Å². The van der Waals surface area contributed by atoms with Gasteiger partial charge in [0.25, 0.3) is 5.91 Å². The number of aromatic nitrogens is 1. The van der Waals surface area contributed by atoms with Crippen molar-refractivity contribution < 1.29 is 9.59 Å². The number of halogens is 1. The van der Waals surface area contributed by atoms with Gasteiger partial charge in [-0.15, -0.1) is 0 Å². The summed E-state index contributed by atoms with van der Waals surface area (Å²) in [5.74, 6) is -1.13. The fraction of sp³-hybridized carbons (Fsp3) is 0.105. The fourth-order valence-corrected chi connectivity index (χ4v) is 2.86. The predicted octanol–water partition coefficient (Wildman–Crippen LogP) is 2.01. The van der Waals surface area contributed by atoms with Crippen molar-refractivity contribution in [1.82, 2.24) is 10.3 Å². The van der Waals surface area contributed by atoms with Gasteiger partial charge in [-0.1, -0.05) is 29.8 Å². The lowest BCUT2D eigenvalue weighted by Gasteiger charge is -2.16. The molecule has 0 spiro atoms. The maximum atomic E-state index is 12.4. The number of benzene rings is 2. The molecule has 7 heteroatoms. The minimum atomic E-state index is -0.955. The molecule has 0 fully saturated rings. The van der Waals surface area contributed by atoms with Crippen molar-refractivity contribution in [2.45, 2.75) is 12.5 Å². The number of carbonyl (C=O) groups excluding carboxylic acids is 2. The maximum absolute atomic E-state index is 12.4. The molecule has 6 nitrogen and oxygen atoms in total. The first-order valence-corrected chi connectivity index (χ1v) is 8.28. The van der Waals surface area contributed by atoms with E-state index >= 15 is 0 Å². The Morgan fingerprint density at radius 1 is 1.12 bits per heavy atom. The van der Waals surface area contributed by atoms with E-state index in [0.717, 1.165) is 5.39 Å². The molecule has 4 N–H and O–H groups in total. The van der Waals surface area contributed by atoms with Crippen molar-refractivity contribution in [1.29, 1.82) is 0 Å². The highest BCUT2D eigenvalue weighted by Gasteiger charge is 2.21. The number of fused-ring (bicyclic) bond motifs is 1. The third kappa shape index (κ3) is 3.92. The van der Waals surface area contributed by atoms with Crippen LogP contribution in [0, 0.1) is 0 Å². The van der Waals surface area contributed by atoms with Crippen LogP contribution >= 0.6 is 11.6 Å². The molecule has 1 unspecified atom stereocenters. The van der Waals surface area contributed by atoms with Crippen molar-refractivity contribution in [3.05, 3.63) is 81.1 Å². The van der Waals surface area contributed by atoms with E-state index in [2.05, 4.69) is 10.3 Å². The summed E-state index contributed by atoms with van der Waals surface area (Å²) in [6, 6.07) is 14.0. The van der Waals surface area contributed by atoms with E-state index in [0.29, 0.717) is 21.7 Å². The van der Waals surface area contributed by atoms with Gasteiger partial charge in [0.05, 0.1) is 0 Å². The number of primary amides is 1. The number of carbonyl (C=O) groups is 2. The van der Waals surface area contributed by atoms with Gasteiger partial charge in [-0.3, -0.25) is 14.4 Å². The van der Waals surface area contributed by atoms with Gasteiger partial charge < -0.3 is 16.0 Å². The number of aromatic amines is 1. The van der Waals surface area contributed by atoms with Crippen molar-refractivity contribution in [3.8, 4) is 0 Å². The lowest BCUT2D eigenvalue weighted by atomic mass is 10.0. The molecule has 0 bridgehead atoms. The summed E-state index contributed by atoms with van der Waals surface area (Å²) in [7, 11) is 0. The Hall–Kier alpha value is -3.12. The zero-order valence-electron chi connectivity index (χ0n) is 13.7. The Morgan fingerprint density at radius 2 is 1.81 bits per heavy atom. The summed E-state index contributed by atoms with van der Waals surface area (Å²) in [5.41, 5.74) is 6.81. The zero-order valence-corrected chi connectivity index (χ0v) is 14.4. The highest BCUT2D eigenvalue weighted by molar-refractivity contribution is 6.30. The van der Waals surface area contributed by atoms with Crippen LogP contribution in [0.5, 0.6) is 0 Å². The molecule has 0 radical (unpaired) electrons. The second-order valence-corrected chi connectivity index (χ2v) is 6.28. The van der Waals surface area contributed by atoms with Gasteiger partial charge in [-0.2, -0.15) is 0 Å². The van der Waals surface area contributed by atoms with E-state index in [9.17, 15) is 14.4 Å². The summed E-state index contributed by atoms with van der Waals surface area (Å²) in [4.78, 5) is 38.8. The zero-order chi connectivity index (χ0) is 18.7. The number of hydrogen-bond donors (Lipinski definition) is 3. The van der Waals surface area contributed by atoms with Crippen LogP contribution in [-0.2, 0) is 11.2 Å². The molecule has 0 saturated heterocycles. The van der Waals surface area contributed by atoms with Crippen LogP contribution in [0.25, 0.3) is 10.9 Å². The van der Waals surface area contributed by atoms with Crippen LogP contribution in [0.4, 0.5) is 0 Å². The van der Waals surface area contributed by atoms with Crippen LogP contribution in [0.3, 0.4) is 0 Å². The van der Waals surface area contributed by atoms with Gasteiger partial charge in [0.2, 0.25) is 11.5 Å². The van der Waals surface area contributed by atoms with Crippen molar-refractivity contribution in [2.75, 3.05) is 0 Å². The fourth-order valence-electron chi connectivity index (χ4n) is 2.73. The topological polar surface area (TPSA) is 105 Å². The van der Waals surface area contributed by atoms with Crippen molar-refractivity contribution in [2.24, 2.45) is 5.73 Å². The van der Waals surface area contributed by atoms with E-state index in [1.807, 2.05) is 12.1 Å². The van der Waals surface area contributed by atoms with Gasteiger partial charge in [-0.05, 0) is 35.9 Å². The molecular weight excluding hydrogens is 354 g/mol. The van der Waals surface area contributed by atoms with E-state index in [1.165, 1.54) is 6.07 Å². The molecule has 26 heavy (non-hydrogen) atoms. The number of pyridine rings is 1. The summed E-state index contributed by atoms with van der Waals surface area (Å²) >= 11 is 5.81. The van der Waals surface area contributed by atoms with Crippen LogP contribution in [0.2, 0.25) is 5.02 Å². The van der Waals surface area contributed by atoms with E-state index in [1.54, 1.807) is 36.4 Å². The van der Waals surface area contributed by atoms with Crippen molar-refractivity contribution >= 4 is 34.3 Å². The van der Waals surface area contributed by atoms with Crippen LogP contribution < -0.4 is 16.6 Å². The lowest BCUT2D eigenvalue weighted by Crippen LogP contribution is -2.46. The van der Waals surface area contributed by atoms with E-state index < -0.39 is 17.9 Å². The first-order valence-electron chi connectivity index (χ1n) is 7.91. The standard InChI is InChI=1S/C19H16ClN3O3/c20-13-7-5-11(6-8-13)19(26)23-16(18(21)25)9-12-10-17(24)22-15-4-2-1-3-14(12)15/h1-8,10,16H,9H2,(H2,21,25)(H,22,24)(H,23,26). The van der Waals surface area contributed by atoms with Crippen molar-refractivity contribution in [3.63, 3.8) is 0 Å². The first-order chi connectivity index (χ1) is 12.4. The lowest BCUT2D eigenvalue weighted by molar-refractivity contribution is -0.119. The molecular formula is C19H16ClN3O3. The predicted molar refractivity (Wildman–Crippen MR) is 100 cm³/mol. The van der Waals surface area contributed by atoms with E-state index in [4.69, 9.17) is 17.3 Å². The summed E-state index contributed by atoms with van der Waals surface area (Å²) < 4.78 is 0. The number of nitrogens with two attached hydrogens (primary N) is 1. The Labute approximate surface area is 154 Å². The number of H-pyrrole nitrogens is 1. The molecule has 132 valence electrons. The summed E-state index contributed by atoms with van der Waals surface area (Å²) in [6.45, 7) is 0. The molecule has 0 saturated carbocycles. The number of amides is 2. The van der Waals surface area contributed by atoms with Crippen LogP contribution in [0.15, 0.2) is 59.4 Å². The monoisotopic (exact) mass is 369 g/mol. The normalized spacial score (nSPS) is 11.9. The largest absolute Gasteiger partial charge is 0.368 e. The highest BCUT2D eigenvalue weighted by Crippen LogP contribution is 2.16.